The van der Waals surface area contributed by atoms with Gasteiger partial charge in [0.2, 0.25) is 0 Å². The molecule has 1 aromatic heterocycles. The Bertz CT molecular complexity index is 626. The number of ether oxygens (including phenoxy) is 1. The van der Waals surface area contributed by atoms with Crippen LogP contribution >= 0.6 is 0 Å². The van der Waals surface area contributed by atoms with Crippen LogP contribution in [0.25, 0.3) is 0 Å². The number of hydrogen-bond acceptors (Lipinski definition) is 4. The van der Waals surface area contributed by atoms with Crippen LogP contribution in [0.3, 0.4) is 0 Å². The van der Waals surface area contributed by atoms with E-state index in [2.05, 4.69) is 36.5 Å². The zero-order valence-corrected chi connectivity index (χ0v) is 16.4. The molecule has 2 rings (SSSR count). The van der Waals surface area contributed by atoms with Gasteiger partial charge in [-0.2, -0.15) is 5.10 Å². The molecule has 0 spiro atoms. The van der Waals surface area contributed by atoms with Crippen LogP contribution in [0, 0.1) is 0 Å². The van der Waals surface area contributed by atoms with E-state index in [9.17, 15) is 4.79 Å². The molecular weight excluding hydrogens is 316 g/mol. The van der Waals surface area contributed by atoms with Gasteiger partial charge >= 0.3 is 6.09 Å². The van der Waals surface area contributed by atoms with Crippen LogP contribution in [-0.2, 0) is 18.3 Å². The number of carbonyl (C=O) groups excluding carboxylic acids is 1. The van der Waals surface area contributed by atoms with Crippen molar-refractivity contribution in [2.45, 2.75) is 59.1 Å². The second kappa shape index (κ2) is 8.04. The fourth-order valence-electron chi connectivity index (χ4n) is 2.90. The molecule has 6 nitrogen and oxygen atoms in total. The molecule has 1 N–H and O–H groups in total. The maximum atomic E-state index is 12.1. The minimum atomic E-state index is -0.444. The molecule has 1 aliphatic rings. The van der Waals surface area contributed by atoms with Crippen LogP contribution in [0.5, 0.6) is 0 Å². The van der Waals surface area contributed by atoms with Crippen LogP contribution < -0.4 is 5.32 Å². The monoisotopic (exact) mass is 348 g/mol. The number of amides is 1. The van der Waals surface area contributed by atoms with E-state index in [0.717, 1.165) is 25.2 Å². The first-order valence-electron chi connectivity index (χ1n) is 9.04. The summed E-state index contributed by atoms with van der Waals surface area (Å²) < 4.78 is 7.30. The highest BCUT2D eigenvalue weighted by atomic mass is 16.6. The molecule has 2 heterocycles. The van der Waals surface area contributed by atoms with Gasteiger partial charge in [-0.1, -0.05) is 25.5 Å². The molecule has 0 saturated carbocycles. The fraction of sp³-hybridized carbons (Fsp3) is 0.684. The highest BCUT2D eigenvalue weighted by Gasteiger charge is 2.23. The highest BCUT2D eigenvalue weighted by molar-refractivity contribution is 5.68. The number of nitrogens with zero attached hydrogens (tertiary/aromatic N) is 3. The predicted molar refractivity (Wildman–Crippen MR) is 99.5 cm³/mol. The van der Waals surface area contributed by atoms with E-state index in [-0.39, 0.29) is 6.09 Å². The Labute approximate surface area is 151 Å². The Balaban J connectivity index is 1.81. The summed E-state index contributed by atoms with van der Waals surface area (Å²) in [7, 11) is 1.96. The van der Waals surface area contributed by atoms with Gasteiger partial charge in [0.25, 0.3) is 0 Å². The summed E-state index contributed by atoms with van der Waals surface area (Å²) in [5.41, 5.74) is 3.31. The summed E-state index contributed by atoms with van der Waals surface area (Å²) in [5, 5.41) is 8.04. The minimum Gasteiger partial charge on any atom is -0.444 e. The topological polar surface area (TPSA) is 59.4 Å². The third-order valence-corrected chi connectivity index (χ3v) is 4.11. The third kappa shape index (κ3) is 5.88. The van der Waals surface area contributed by atoms with Gasteiger partial charge < -0.3 is 15.0 Å². The van der Waals surface area contributed by atoms with Crippen molar-refractivity contribution in [1.29, 1.82) is 0 Å². The van der Waals surface area contributed by atoms with Crippen LogP contribution in [0.4, 0.5) is 4.79 Å². The first kappa shape index (κ1) is 19.5. The van der Waals surface area contributed by atoms with E-state index in [1.807, 2.05) is 32.5 Å². The van der Waals surface area contributed by atoms with Crippen LogP contribution in [0.1, 0.15) is 58.2 Å². The van der Waals surface area contributed by atoms with Crippen molar-refractivity contribution < 1.29 is 9.53 Å². The van der Waals surface area contributed by atoms with Gasteiger partial charge in [-0.3, -0.25) is 4.68 Å². The average Bonchev–Trinajstić information content (AvgIpc) is 2.87. The molecule has 1 aromatic rings. The van der Waals surface area contributed by atoms with Gasteiger partial charge in [0.1, 0.15) is 5.60 Å². The summed E-state index contributed by atoms with van der Waals surface area (Å²) in [5.74, 6) is 0.425. The molecule has 0 aromatic carbocycles. The lowest BCUT2D eigenvalue weighted by atomic mass is 10.1. The molecule has 1 aliphatic heterocycles. The summed E-state index contributed by atoms with van der Waals surface area (Å²) in [6.07, 6.45) is 4.87. The Morgan fingerprint density at radius 3 is 2.64 bits per heavy atom. The molecule has 25 heavy (non-hydrogen) atoms. The lowest BCUT2D eigenvalue weighted by molar-refractivity contribution is 0.0265. The third-order valence-electron chi connectivity index (χ3n) is 4.11. The molecule has 0 saturated heterocycles. The fourth-order valence-corrected chi connectivity index (χ4v) is 2.90. The minimum absolute atomic E-state index is 0.229. The van der Waals surface area contributed by atoms with Crippen molar-refractivity contribution in [1.82, 2.24) is 20.0 Å². The van der Waals surface area contributed by atoms with Crippen LogP contribution in [0.2, 0.25) is 0 Å². The largest absolute Gasteiger partial charge is 0.444 e. The Morgan fingerprint density at radius 2 is 2.08 bits per heavy atom. The highest BCUT2D eigenvalue weighted by Crippen LogP contribution is 2.18. The SMILES string of the molecule is CC(C)c1nn(C)cc1CNCC1=CCN(C(=O)OC(C)(C)C)CC1. The molecule has 0 atom stereocenters. The lowest BCUT2D eigenvalue weighted by Crippen LogP contribution is -2.39. The smallest absolute Gasteiger partial charge is 0.410 e. The molecule has 0 unspecified atom stereocenters. The van der Waals surface area contributed by atoms with E-state index < -0.39 is 5.60 Å². The number of aryl methyl sites for hydroxylation is 1. The molecule has 0 fully saturated rings. The number of nitrogens with one attached hydrogen (secondary N) is 1. The predicted octanol–water partition coefficient (Wildman–Crippen LogP) is 3.20. The summed E-state index contributed by atoms with van der Waals surface area (Å²) in [6, 6.07) is 0. The van der Waals surface area contributed by atoms with Crippen molar-refractivity contribution >= 4 is 6.09 Å². The Kier molecular flexibility index (Phi) is 6.27. The van der Waals surface area contributed by atoms with E-state index in [1.54, 1.807) is 4.90 Å². The molecule has 0 aliphatic carbocycles. The first-order valence-corrected chi connectivity index (χ1v) is 9.04. The van der Waals surface area contributed by atoms with Gasteiger partial charge in [-0.15, -0.1) is 0 Å². The zero-order chi connectivity index (χ0) is 18.6. The van der Waals surface area contributed by atoms with Crippen molar-refractivity contribution in [2.75, 3.05) is 19.6 Å². The van der Waals surface area contributed by atoms with E-state index >= 15 is 0 Å². The lowest BCUT2D eigenvalue weighted by Gasteiger charge is -2.29. The van der Waals surface area contributed by atoms with Gasteiger partial charge in [-0.05, 0) is 33.1 Å². The van der Waals surface area contributed by atoms with Crippen LogP contribution in [0.15, 0.2) is 17.8 Å². The summed E-state index contributed by atoms with van der Waals surface area (Å²) >= 11 is 0. The van der Waals surface area contributed by atoms with Gasteiger partial charge in [0, 0.05) is 45.0 Å². The number of hydrogen-bond donors (Lipinski definition) is 1. The standard InChI is InChI=1S/C19H32N4O2/c1-14(2)17-16(13-22(6)21-17)12-20-11-15-7-9-23(10-8-15)18(24)25-19(3,4)5/h7,13-14,20H,8-12H2,1-6H3. The van der Waals surface area contributed by atoms with Crippen LogP contribution in [-0.4, -0.2) is 46.0 Å². The summed E-state index contributed by atoms with van der Waals surface area (Å²) in [6.45, 7) is 13.0. The zero-order valence-electron chi connectivity index (χ0n) is 16.4. The molecule has 1 amide bonds. The Hall–Kier alpha value is -1.82. The van der Waals surface area contributed by atoms with E-state index in [0.29, 0.717) is 19.0 Å². The second-order valence-corrected chi connectivity index (χ2v) is 8.01. The van der Waals surface area contributed by atoms with E-state index in [1.165, 1.54) is 11.1 Å². The first-order chi connectivity index (χ1) is 11.7. The molecule has 0 radical (unpaired) electrons. The number of aromatic nitrogens is 2. The Morgan fingerprint density at radius 1 is 1.36 bits per heavy atom. The van der Waals surface area contributed by atoms with Gasteiger partial charge in [0.15, 0.2) is 0 Å². The number of rotatable bonds is 5. The van der Waals surface area contributed by atoms with E-state index in [4.69, 9.17) is 4.74 Å². The van der Waals surface area contributed by atoms with Crippen molar-refractivity contribution in [3.05, 3.63) is 29.1 Å². The van der Waals surface area contributed by atoms with Crippen molar-refractivity contribution in [3.8, 4) is 0 Å². The normalized spacial score (nSPS) is 15.5. The molecule has 6 heteroatoms. The molecule has 0 bridgehead atoms. The summed E-state index contributed by atoms with van der Waals surface area (Å²) in [4.78, 5) is 13.8. The molecule has 140 valence electrons. The number of carbonyl (C=O) groups is 1. The molecular formula is C19H32N4O2. The average molecular weight is 348 g/mol. The second-order valence-electron chi connectivity index (χ2n) is 8.01. The maximum Gasteiger partial charge on any atom is 0.410 e. The van der Waals surface area contributed by atoms with Crippen molar-refractivity contribution in [2.24, 2.45) is 7.05 Å². The maximum absolute atomic E-state index is 12.1. The quantitative estimate of drug-likeness (QED) is 0.830. The van der Waals surface area contributed by atoms with Gasteiger partial charge in [-0.25, -0.2) is 4.79 Å². The van der Waals surface area contributed by atoms with Gasteiger partial charge in [0.05, 0.1) is 5.69 Å². The van der Waals surface area contributed by atoms with Crippen molar-refractivity contribution in [3.63, 3.8) is 0 Å².